The quantitative estimate of drug-likeness (QED) is 0.791. The van der Waals surface area contributed by atoms with Crippen LogP contribution >= 0.6 is 15.9 Å². The molecule has 0 radical (unpaired) electrons. The third-order valence-electron chi connectivity index (χ3n) is 2.57. The predicted octanol–water partition coefficient (Wildman–Crippen LogP) is 3.53. The summed E-state index contributed by atoms with van der Waals surface area (Å²) in [5, 5.41) is 0. The van der Waals surface area contributed by atoms with E-state index in [1.54, 1.807) is 6.92 Å². The van der Waals surface area contributed by atoms with E-state index in [0.717, 1.165) is 22.3 Å². The molecular formula is C14H14BrNO2. The molecule has 0 aliphatic carbocycles. The maximum atomic E-state index is 11.1. The minimum atomic E-state index is 0.0849. The molecule has 0 unspecified atom stereocenters. The van der Waals surface area contributed by atoms with Crippen molar-refractivity contribution in [1.29, 1.82) is 0 Å². The maximum Gasteiger partial charge on any atom is 0.161 e. The third kappa shape index (κ3) is 3.47. The van der Waals surface area contributed by atoms with Crippen molar-refractivity contribution in [1.82, 2.24) is 4.57 Å². The zero-order valence-electron chi connectivity index (χ0n) is 10.1. The standard InChI is InChI=1S/C14H14BrNO2/c1-11(17)12-5-6-16(10-12)7-8-18-14-4-2-3-13(15)9-14/h2-6,9-10H,7-8H2,1H3. The third-order valence-corrected chi connectivity index (χ3v) is 3.06. The van der Waals surface area contributed by atoms with Crippen molar-refractivity contribution in [2.45, 2.75) is 13.5 Å². The molecule has 0 saturated carbocycles. The second-order valence-corrected chi connectivity index (χ2v) is 4.92. The molecule has 0 atom stereocenters. The molecule has 2 aromatic rings. The first-order valence-electron chi connectivity index (χ1n) is 5.70. The van der Waals surface area contributed by atoms with Gasteiger partial charge in [0.25, 0.3) is 0 Å². The van der Waals surface area contributed by atoms with Gasteiger partial charge in [0.15, 0.2) is 5.78 Å². The van der Waals surface area contributed by atoms with Gasteiger partial charge in [0, 0.05) is 22.4 Å². The van der Waals surface area contributed by atoms with Crippen LogP contribution in [0.3, 0.4) is 0 Å². The van der Waals surface area contributed by atoms with Gasteiger partial charge in [0.05, 0.1) is 6.54 Å². The van der Waals surface area contributed by atoms with Gasteiger partial charge in [-0.05, 0) is 31.2 Å². The SMILES string of the molecule is CC(=O)c1ccn(CCOc2cccc(Br)c2)c1. The van der Waals surface area contributed by atoms with Gasteiger partial charge in [-0.15, -0.1) is 0 Å². The Hall–Kier alpha value is -1.55. The van der Waals surface area contributed by atoms with Crippen molar-refractivity contribution in [3.63, 3.8) is 0 Å². The van der Waals surface area contributed by atoms with E-state index < -0.39 is 0 Å². The molecule has 0 saturated heterocycles. The van der Waals surface area contributed by atoms with Crippen molar-refractivity contribution >= 4 is 21.7 Å². The van der Waals surface area contributed by atoms with Gasteiger partial charge in [-0.1, -0.05) is 22.0 Å². The van der Waals surface area contributed by atoms with Gasteiger partial charge in [0.1, 0.15) is 12.4 Å². The first-order chi connectivity index (χ1) is 8.65. The summed E-state index contributed by atoms with van der Waals surface area (Å²) in [6.07, 6.45) is 3.73. The van der Waals surface area contributed by atoms with Crippen molar-refractivity contribution < 1.29 is 9.53 Å². The summed E-state index contributed by atoms with van der Waals surface area (Å²) in [7, 11) is 0. The van der Waals surface area contributed by atoms with Crippen LogP contribution in [0.5, 0.6) is 5.75 Å². The molecule has 4 heteroatoms. The largest absolute Gasteiger partial charge is 0.492 e. The molecule has 0 N–H and O–H groups in total. The zero-order valence-corrected chi connectivity index (χ0v) is 11.7. The van der Waals surface area contributed by atoms with E-state index in [1.165, 1.54) is 0 Å². The molecule has 1 aromatic carbocycles. The molecule has 0 aliphatic heterocycles. The Kier molecular flexibility index (Phi) is 4.20. The molecule has 3 nitrogen and oxygen atoms in total. The van der Waals surface area contributed by atoms with Gasteiger partial charge < -0.3 is 9.30 Å². The number of aromatic nitrogens is 1. The van der Waals surface area contributed by atoms with Crippen LogP contribution in [0, 0.1) is 0 Å². The van der Waals surface area contributed by atoms with E-state index in [0.29, 0.717) is 6.61 Å². The number of ketones is 1. The molecule has 1 heterocycles. The van der Waals surface area contributed by atoms with E-state index >= 15 is 0 Å². The second kappa shape index (κ2) is 5.87. The van der Waals surface area contributed by atoms with Crippen LogP contribution in [0.15, 0.2) is 47.2 Å². The zero-order chi connectivity index (χ0) is 13.0. The van der Waals surface area contributed by atoms with E-state index in [9.17, 15) is 4.79 Å². The molecule has 0 bridgehead atoms. The molecule has 1 aromatic heterocycles. The van der Waals surface area contributed by atoms with Crippen LogP contribution in [0.25, 0.3) is 0 Å². The molecular weight excluding hydrogens is 294 g/mol. The van der Waals surface area contributed by atoms with Gasteiger partial charge in [-0.25, -0.2) is 0 Å². The monoisotopic (exact) mass is 307 g/mol. The molecule has 94 valence electrons. The molecule has 0 amide bonds. The summed E-state index contributed by atoms with van der Waals surface area (Å²) in [4.78, 5) is 11.1. The second-order valence-electron chi connectivity index (χ2n) is 4.00. The number of carbonyl (C=O) groups excluding carboxylic acids is 1. The Labute approximate surface area is 115 Å². The Bertz CT molecular complexity index is 548. The fourth-order valence-electron chi connectivity index (χ4n) is 1.61. The lowest BCUT2D eigenvalue weighted by Crippen LogP contribution is -2.06. The first-order valence-corrected chi connectivity index (χ1v) is 6.49. The van der Waals surface area contributed by atoms with Gasteiger partial charge in [-0.3, -0.25) is 4.79 Å². The number of halogens is 1. The lowest BCUT2D eigenvalue weighted by Gasteiger charge is -2.07. The number of ether oxygens (including phenoxy) is 1. The minimum Gasteiger partial charge on any atom is -0.492 e. The van der Waals surface area contributed by atoms with Crippen LogP contribution in [-0.2, 0) is 6.54 Å². The lowest BCUT2D eigenvalue weighted by molar-refractivity contribution is 0.101. The average Bonchev–Trinajstić information content (AvgIpc) is 2.78. The maximum absolute atomic E-state index is 11.1. The van der Waals surface area contributed by atoms with Crippen molar-refractivity contribution in [2.24, 2.45) is 0 Å². The highest BCUT2D eigenvalue weighted by Crippen LogP contribution is 2.17. The van der Waals surface area contributed by atoms with Gasteiger partial charge in [-0.2, -0.15) is 0 Å². The summed E-state index contributed by atoms with van der Waals surface area (Å²) in [5.41, 5.74) is 0.734. The minimum absolute atomic E-state index is 0.0849. The number of Topliss-reactive ketones (excluding diaryl/α,β-unsaturated/α-hetero) is 1. The number of hydrogen-bond acceptors (Lipinski definition) is 2. The van der Waals surface area contributed by atoms with E-state index in [-0.39, 0.29) is 5.78 Å². The smallest absolute Gasteiger partial charge is 0.161 e. The number of hydrogen-bond donors (Lipinski definition) is 0. The van der Waals surface area contributed by atoms with Gasteiger partial charge >= 0.3 is 0 Å². The topological polar surface area (TPSA) is 31.2 Å². The molecule has 2 rings (SSSR count). The lowest BCUT2D eigenvalue weighted by atomic mass is 10.2. The Morgan fingerprint density at radius 2 is 2.22 bits per heavy atom. The van der Waals surface area contributed by atoms with E-state index in [4.69, 9.17) is 4.74 Å². The summed E-state index contributed by atoms with van der Waals surface area (Å²) in [5.74, 6) is 0.921. The molecule has 0 spiro atoms. The number of rotatable bonds is 5. The summed E-state index contributed by atoms with van der Waals surface area (Å²) >= 11 is 3.40. The number of carbonyl (C=O) groups is 1. The molecule has 0 aliphatic rings. The van der Waals surface area contributed by atoms with Crippen LogP contribution < -0.4 is 4.74 Å². The van der Waals surface area contributed by atoms with Crippen LogP contribution in [0.4, 0.5) is 0 Å². The molecule has 0 fully saturated rings. The number of nitrogens with zero attached hydrogens (tertiary/aromatic N) is 1. The highest BCUT2D eigenvalue weighted by Gasteiger charge is 2.01. The van der Waals surface area contributed by atoms with E-state index in [1.807, 2.05) is 47.3 Å². The van der Waals surface area contributed by atoms with Crippen molar-refractivity contribution in [3.05, 3.63) is 52.8 Å². The fraction of sp³-hybridized carbons (Fsp3) is 0.214. The summed E-state index contributed by atoms with van der Waals surface area (Å²) in [6, 6.07) is 9.56. The Morgan fingerprint density at radius 1 is 1.39 bits per heavy atom. The number of benzene rings is 1. The van der Waals surface area contributed by atoms with Crippen LogP contribution in [0.1, 0.15) is 17.3 Å². The summed E-state index contributed by atoms with van der Waals surface area (Å²) in [6.45, 7) is 2.86. The average molecular weight is 308 g/mol. The van der Waals surface area contributed by atoms with Crippen molar-refractivity contribution in [3.8, 4) is 5.75 Å². The summed E-state index contributed by atoms with van der Waals surface area (Å²) < 4.78 is 8.58. The van der Waals surface area contributed by atoms with E-state index in [2.05, 4.69) is 15.9 Å². The Balaban J connectivity index is 1.86. The predicted molar refractivity (Wildman–Crippen MR) is 74.1 cm³/mol. The van der Waals surface area contributed by atoms with Crippen molar-refractivity contribution in [2.75, 3.05) is 6.61 Å². The Morgan fingerprint density at radius 3 is 2.89 bits per heavy atom. The highest BCUT2D eigenvalue weighted by atomic mass is 79.9. The highest BCUT2D eigenvalue weighted by molar-refractivity contribution is 9.10. The van der Waals surface area contributed by atoms with Crippen LogP contribution in [-0.4, -0.2) is 17.0 Å². The molecule has 18 heavy (non-hydrogen) atoms. The van der Waals surface area contributed by atoms with Gasteiger partial charge in [0.2, 0.25) is 0 Å². The first kappa shape index (κ1) is 12.9. The fourth-order valence-corrected chi connectivity index (χ4v) is 1.99. The van der Waals surface area contributed by atoms with Crippen LogP contribution in [0.2, 0.25) is 0 Å². The normalized spacial score (nSPS) is 10.3.